The van der Waals surface area contributed by atoms with Crippen molar-refractivity contribution in [1.29, 1.82) is 0 Å². The maximum atomic E-state index is 12.8. The number of anilines is 2. The molecule has 0 radical (unpaired) electrons. The Morgan fingerprint density at radius 1 is 1.13 bits per heavy atom. The van der Waals surface area contributed by atoms with E-state index < -0.39 is 17.8 Å². The minimum absolute atomic E-state index is 0.0776. The number of carbonyl (C=O) groups is 2. The van der Waals surface area contributed by atoms with E-state index >= 15 is 0 Å². The van der Waals surface area contributed by atoms with E-state index in [1.165, 1.54) is 39.7 Å². The molecule has 0 bridgehead atoms. The van der Waals surface area contributed by atoms with Gasteiger partial charge in [0.15, 0.2) is 5.13 Å². The number of nitrogens with zero attached hydrogens (tertiary/aromatic N) is 2. The highest BCUT2D eigenvalue weighted by Gasteiger charge is 2.31. The van der Waals surface area contributed by atoms with Gasteiger partial charge in [0.05, 0.1) is 22.7 Å². The van der Waals surface area contributed by atoms with E-state index in [1.54, 1.807) is 12.1 Å². The summed E-state index contributed by atoms with van der Waals surface area (Å²) in [7, 11) is 0. The number of thiophene rings is 1. The third-order valence-corrected chi connectivity index (χ3v) is 6.29. The van der Waals surface area contributed by atoms with Crippen LogP contribution in [0.1, 0.15) is 25.8 Å². The standard InChI is InChI=1S/C19H15F3N4O2S2/c20-19(21,22)11-3-1-4-12(9-11)23-18(28)26-7-6-13-15(10-26)30-17(24-13)25-16(27)14-5-2-8-29-14/h1-5,8-9H,6-7,10H2,(H,23,28)(H,24,25,27). The Bertz CT molecular complexity index is 1080. The Hall–Kier alpha value is -2.92. The Morgan fingerprint density at radius 3 is 2.70 bits per heavy atom. The molecular weight excluding hydrogens is 437 g/mol. The molecule has 0 saturated heterocycles. The summed E-state index contributed by atoms with van der Waals surface area (Å²) in [4.78, 5) is 32.0. The highest BCUT2D eigenvalue weighted by molar-refractivity contribution is 7.16. The summed E-state index contributed by atoms with van der Waals surface area (Å²) < 4.78 is 38.5. The van der Waals surface area contributed by atoms with Crippen LogP contribution in [0.5, 0.6) is 0 Å². The minimum atomic E-state index is -4.48. The van der Waals surface area contributed by atoms with Gasteiger partial charge in [0.25, 0.3) is 5.91 Å². The van der Waals surface area contributed by atoms with Crippen LogP contribution in [-0.2, 0) is 19.1 Å². The second-order valence-electron chi connectivity index (χ2n) is 6.50. The fourth-order valence-corrected chi connectivity index (χ4v) is 4.60. The topological polar surface area (TPSA) is 74.3 Å². The molecule has 0 fully saturated rings. The van der Waals surface area contributed by atoms with E-state index in [0.29, 0.717) is 23.0 Å². The fourth-order valence-electron chi connectivity index (χ4n) is 2.96. The van der Waals surface area contributed by atoms with Gasteiger partial charge in [-0.15, -0.1) is 11.3 Å². The lowest BCUT2D eigenvalue weighted by atomic mass is 10.2. The molecule has 2 N–H and O–H groups in total. The van der Waals surface area contributed by atoms with Crippen LogP contribution in [0.25, 0.3) is 0 Å². The minimum Gasteiger partial charge on any atom is -0.319 e. The number of fused-ring (bicyclic) bond motifs is 1. The average Bonchev–Trinajstić information content (AvgIpc) is 3.36. The van der Waals surface area contributed by atoms with Crippen LogP contribution in [0.4, 0.5) is 28.8 Å². The van der Waals surface area contributed by atoms with Crippen molar-refractivity contribution in [2.75, 3.05) is 17.2 Å². The fraction of sp³-hybridized carbons (Fsp3) is 0.211. The number of benzene rings is 1. The van der Waals surface area contributed by atoms with Gasteiger partial charge in [-0.25, -0.2) is 9.78 Å². The largest absolute Gasteiger partial charge is 0.416 e. The first-order valence-corrected chi connectivity index (χ1v) is 10.6. The third-order valence-electron chi connectivity index (χ3n) is 4.43. The lowest BCUT2D eigenvalue weighted by molar-refractivity contribution is -0.137. The van der Waals surface area contributed by atoms with Crippen molar-refractivity contribution >= 4 is 45.4 Å². The molecule has 1 aromatic carbocycles. The summed E-state index contributed by atoms with van der Waals surface area (Å²) in [5.41, 5.74) is 0.0632. The van der Waals surface area contributed by atoms with Crippen molar-refractivity contribution in [2.24, 2.45) is 0 Å². The van der Waals surface area contributed by atoms with Gasteiger partial charge >= 0.3 is 12.2 Å². The maximum absolute atomic E-state index is 12.8. The molecule has 0 saturated carbocycles. The van der Waals surface area contributed by atoms with Crippen LogP contribution in [0.3, 0.4) is 0 Å². The normalized spacial score (nSPS) is 13.6. The van der Waals surface area contributed by atoms with E-state index in [0.717, 1.165) is 22.7 Å². The molecule has 4 rings (SSSR count). The molecule has 2 aromatic heterocycles. The number of amides is 3. The Kier molecular flexibility index (Phi) is 5.48. The molecule has 30 heavy (non-hydrogen) atoms. The van der Waals surface area contributed by atoms with E-state index in [2.05, 4.69) is 15.6 Å². The number of halogens is 3. The number of aromatic nitrogens is 1. The van der Waals surface area contributed by atoms with E-state index in [9.17, 15) is 22.8 Å². The summed E-state index contributed by atoms with van der Waals surface area (Å²) in [6, 6.07) is 7.52. The smallest absolute Gasteiger partial charge is 0.319 e. The lowest BCUT2D eigenvalue weighted by Crippen LogP contribution is -2.38. The van der Waals surface area contributed by atoms with Gasteiger partial charge < -0.3 is 10.2 Å². The van der Waals surface area contributed by atoms with Gasteiger partial charge in [0.2, 0.25) is 0 Å². The summed E-state index contributed by atoms with van der Waals surface area (Å²) in [5, 5.41) is 7.54. The van der Waals surface area contributed by atoms with Crippen LogP contribution >= 0.6 is 22.7 Å². The summed E-state index contributed by atoms with van der Waals surface area (Å²) in [6.07, 6.45) is -3.98. The second kappa shape index (κ2) is 8.07. The molecule has 156 valence electrons. The van der Waals surface area contributed by atoms with Crippen molar-refractivity contribution in [3.8, 4) is 0 Å². The number of thiazole rings is 1. The van der Waals surface area contributed by atoms with Crippen LogP contribution in [0, 0.1) is 0 Å². The van der Waals surface area contributed by atoms with E-state index in [4.69, 9.17) is 0 Å². The molecule has 6 nitrogen and oxygen atoms in total. The highest BCUT2D eigenvalue weighted by Crippen LogP contribution is 2.32. The number of urea groups is 1. The predicted molar refractivity (Wildman–Crippen MR) is 109 cm³/mol. The van der Waals surface area contributed by atoms with Crippen molar-refractivity contribution < 1.29 is 22.8 Å². The lowest BCUT2D eigenvalue weighted by Gasteiger charge is -2.26. The van der Waals surface area contributed by atoms with Gasteiger partial charge in [-0.3, -0.25) is 10.1 Å². The van der Waals surface area contributed by atoms with Crippen LogP contribution in [-0.4, -0.2) is 28.4 Å². The van der Waals surface area contributed by atoms with E-state index in [-0.39, 0.29) is 18.1 Å². The van der Waals surface area contributed by atoms with Gasteiger partial charge in [0.1, 0.15) is 0 Å². The zero-order valence-corrected chi connectivity index (χ0v) is 17.0. The quantitative estimate of drug-likeness (QED) is 0.583. The molecule has 0 atom stereocenters. The molecule has 1 aliphatic rings. The molecule has 1 aliphatic heterocycles. The van der Waals surface area contributed by atoms with Crippen LogP contribution < -0.4 is 10.6 Å². The number of nitrogens with one attached hydrogen (secondary N) is 2. The first kappa shape index (κ1) is 20.4. The van der Waals surface area contributed by atoms with Gasteiger partial charge in [-0.2, -0.15) is 13.2 Å². The monoisotopic (exact) mass is 452 g/mol. The molecule has 11 heteroatoms. The van der Waals surface area contributed by atoms with E-state index in [1.807, 2.05) is 5.38 Å². The first-order chi connectivity index (χ1) is 14.3. The van der Waals surface area contributed by atoms with Crippen LogP contribution in [0.15, 0.2) is 41.8 Å². The Labute approximate surface area is 177 Å². The molecular formula is C19H15F3N4O2S2. The van der Waals surface area contributed by atoms with Crippen molar-refractivity contribution in [3.05, 3.63) is 62.8 Å². The van der Waals surface area contributed by atoms with Crippen molar-refractivity contribution in [2.45, 2.75) is 19.1 Å². The summed E-state index contributed by atoms with van der Waals surface area (Å²) in [5.74, 6) is -0.241. The molecule has 3 heterocycles. The number of alkyl halides is 3. The SMILES string of the molecule is O=C(Nc1nc2c(s1)CN(C(=O)Nc1cccc(C(F)(F)F)c1)CC2)c1cccs1. The zero-order chi connectivity index (χ0) is 21.3. The third kappa shape index (κ3) is 4.46. The number of rotatable bonds is 3. The van der Waals surface area contributed by atoms with Crippen molar-refractivity contribution in [3.63, 3.8) is 0 Å². The predicted octanol–water partition coefficient (Wildman–Crippen LogP) is 5.07. The second-order valence-corrected chi connectivity index (χ2v) is 8.53. The molecule has 0 aliphatic carbocycles. The van der Waals surface area contributed by atoms with Gasteiger partial charge in [-0.1, -0.05) is 23.5 Å². The first-order valence-electron chi connectivity index (χ1n) is 8.86. The number of hydrogen-bond acceptors (Lipinski definition) is 5. The highest BCUT2D eigenvalue weighted by atomic mass is 32.1. The summed E-state index contributed by atoms with van der Waals surface area (Å²) in [6.45, 7) is 0.645. The zero-order valence-electron chi connectivity index (χ0n) is 15.3. The molecule has 3 aromatic rings. The molecule has 3 amide bonds. The number of hydrogen-bond donors (Lipinski definition) is 2. The van der Waals surface area contributed by atoms with Crippen molar-refractivity contribution in [1.82, 2.24) is 9.88 Å². The Balaban J connectivity index is 1.41. The average molecular weight is 452 g/mol. The van der Waals surface area contributed by atoms with Crippen LogP contribution in [0.2, 0.25) is 0 Å². The Morgan fingerprint density at radius 2 is 1.97 bits per heavy atom. The molecule has 0 spiro atoms. The van der Waals surface area contributed by atoms with Gasteiger partial charge in [0, 0.05) is 23.5 Å². The number of carbonyl (C=O) groups excluding carboxylic acids is 2. The van der Waals surface area contributed by atoms with Gasteiger partial charge in [-0.05, 0) is 29.6 Å². The summed E-state index contributed by atoms with van der Waals surface area (Å²) >= 11 is 2.61. The molecule has 0 unspecified atom stereocenters. The maximum Gasteiger partial charge on any atom is 0.416 e.